The first-order valence-corrected chi connectivity index (χ1v) is 16.8. The molecule has 0 bridgehead atoms. The molecule has 0 amide bonds. The van der Waals surface area contributed by atoms with E-state index in [1.54, 1.807) is 0 Å². The van der Waals surface area contributed by atoms with Gasteiger partial charge in [-0.05, 0) is 88.5 Å². The molecule has 2 fully saturated rings. The van der Waals surface area contributed by atoms with Gasteiger partial charge in [0.05, 0.1) is 25.4 Å². The molecular weight excluding hydrogens is 516 g/mol. The van der Waals surface area contributed by atoms with Gasteiger partial charge < -0.3 is 20.1 Å². The second kappa shape index (κ2) is 13.1. The molecule has 4 rings (SSSR count). The lowest BCUT2D eigenvalue weighted by molar-refractivity contribution is -0.0794. The third-order valence-electron chi connectivity index (χ3n) is 11.8. The number of rotatable bonds is 11. The van der Waals surface area contributed by atoms with Gasteiger partial charge in [0, 0.05) is 34.0 Å². The average Bonchev–Trinajstić information content (AvgIpc) is 3.00. The van der Waals surface area contributed by atoms with Gasteiger partial charge in [-0.15, -0.1) is 0 Å². The Morgan fingerprint density at radius 2 is 0.905 bits per heavy atom. The average molecular weight is 577 g/mol. The summed E-state index contributed by atoms with van der Waals surface area (Å²) in [5.41, 5.74) is 5.41. The minimum Gasteiger partial charge on any atom is -0.373 e. The Morgan fingerprint density at radius 3 is 1.19 bits per heavy atom. The van der Waals surface area contributed by atoms with Gasteiger partial charge in [-0.1, -0.05) is 90.1 Å². The summed E-state index contributed by atoms with van der Waals surface area (Å²) in [5.74, 6) is 0.934. The van der Waals surface area contributed by atoms with Crippen LogP contribution in [0.25, 0.3) is 11.1 Å². The van der Waals surface area contributed by atoms with Crippen LogP contribution in [0.15, 0.2) is 48.5 Å². The van der Waals surface area contributed by atoms with Crippen molar-refractivity contribution in [3.63, 3.8) is 0 Å². The van der Waals surface area contributed by atoms with Crippen LogP contribution in [-0.4, -0.2) is 34.4 Å². The van der Waals surface area contributed by atoms with Crippen molar-refractivity contribution < 1.29 is 9.47 Å². The summed E-state index contributed by atoms with van der Waals surface area (Å²) in [6.07, 6.45) is 7.07. The Labute approximate surface area is 257 Å². The molecule has 8 atom stereocenters. The summed E-state index contributed by atoms with van der Waals surface area (Å²) < 4.78 is 13.2. The fourth-order valence-corrected chi connectivity index (χ4v) is 7.46. The summed E-state index contributed by atoms with van der Waals surface area (Å²) in [7, 11) is 0. The first kappa shape index (κ1) is 33.2. The predicted octanol–water partition coefficient (Wildman–Crippen LogP) is 9.06. The highest BCUT2D eigenvalue weighted by Gasteiger charge is 2.47. The number of nitrogens with one attached hydrogen (secondary N) is 2. The van der Waals surface area contributed by atoms with Gasteiger partial charge in [0.25, 0.3) is 0 Å². The van der Waals surface area contributed by atoms with Crippen molar-refractivity contribution in [2.45, 2.75) is 155 Å². The van der Waals surface area contributed by atoms with E-state index in [0.29, 0.717) is 25.0 Å². The fourth-order valence-electron chi connectivity index (χ4n) is 7.46. The molecule has 0 spiro atoms. The first-order chi connectivity index (χ1) is 19.8. The molecule has 0 aliphatic carbocycles. The van der Waals surface area contributed by atoms with Gasteiger partial charge in [-0.25, -0.2) is 0 Å². The van der Waals surface area contributed by atoms with Gasteiger partial charge in [-0.3, -0.25) is 0 Å². The van der Waals surface area contributed by atoms with Crippen LogP contribution in [-0.2, 0) is 22.7 Å². The zero-order chi connectivity index (χ0) is 30.8. The van der Waals surface area contributed by atoms with Crippen molar-refractivity contribution in [2.24, 2.45) is 11.8 Å². The summed E-state index contributed by atoms with van der Waals surface area (Å²) in [4.78, 5) is 0. The van der Waals surface area contributed by atoms with Gasteiger partial charge in [0.2, 0.25) is 0 Å². The van der Waals surface area contributed by atoms with Crippen molar-refractivity contribution in [3.8, 4) is 11.1 Å². The van der Waals surface area contributed by atoms with Crippen LogP contribution in [0.2, 0.25) is 0 Å². The standard InChI is InChI=1S/C38H60N2O2/c1-11-35(7)23-33(27(5)37(9,13-3)39-35)41-25-29-15-19-31(20-16-29)32-21-17-30(18-22-32)26-42-34-24-36(8,12-2)40-38(10,14-4)28(34)6/h15-22,27-28,33-34,39-40H,11-14,23-26H2,1-10H3. The van der Waals surface area contributed by atoms with Gasteiger partial charge in [-0.2, -0.15) is 0 Å². The molecule has 0 saturated carbocycles. The lowest BCUT2D eigenvalue weighted by atomic mass is 9.70. The number of benzene rings is 2. The Kier molecular flexibility index (Phi) is 10.4. The van der Waals surface area contributed by atoms with Gasteiger partial charge in [0.15, 0.2) is 0 Å². The lowest BCUT2D eigenvalue weighted by Crippen LogP contribution is -2.66. The maximum Gasteiger partial charge on any atom is 0.0720 e. The molecule has 4 nitrogen and oxygen atoms in total. The van der Waals surface area contributed by atoms with E-state index in [1.165, 1.54) is 22.3 Å². The Bertz CT molecular complexity index is 1060. The van der Waals surface area contributed by atoms with E-state index in [-0.39, 0.29) is 34.4 Å². The van der Waals surface area contributed by atoms with Crippen molar-refractivity contribution in [1.29, 1.82) is 0 Å². The highest BCUT2D eigenvalue weighted by atomic mass is 16.5. The summed E-state index contributed by atoms with van der Waals surface area (Å²) >= 11 is 0. The van der Waals surface area contributed by atoms with E-state index in [0.717, 1.165) is 38.5 Å². The smallest absolute Gasteiger partial charge is 0.0720 e. The van der Waals surface area contributed by atoms with Crippen LogP contribution in [0.1, 0.15) is 119 Å². The number of piperidine rings is 2. The van der Waals surface area contributed by atoms with E-state index in [1.807, 2.05) is 0 Å². The molecular formula is C38H60N2O2. The van der Waals surface area contributed by atoms with Crippen molar-refractivity contribution >= 4 is 0 Å². The Balaban J connectivity index is 1.34. The highest BCUT2D eigenvalue weighted by molar-refractivity contribution is 5.63. The first-order valence-electron chi connectivity index (χ1n) is 16.8. The maximum absolute atomic E-state index is 6.60. The van der Waals surface area contributed by atoms with Crippen LogP contribution in [0.5, 0.6) is 0 Å². The Hall–Kier alpha value is -1.72. The maximum atomic E-state index is 6.60. The van der Waals surface area contributed by atoms with Gasteiger partial charge in [0.1, 0.15) is 0 Å². The molecule has 2 N–H and O–H groups in total. The molecule has 234 valence electrons. The molecule has 2 saturated heterocycles. The predicted molar refractivity (Wildman–Crippen MR) is 178 cm³/mol. The van der Waals surface area contributed by atoms with Crippen molar-refractivity contribution in [2.75, 3.05) is 0 Å². The van der Waals surface area contributed by atoms with Crippen LogP contribution in [0.3, 0.4) is 0 Å². The molecule has 2 aliphatic heterocycles. The SMILES string of the molecule is CCC1(C)CC(OCc2ccc(-c3ccc(COC4CC(C)(CC)NC(C)(CC)C4C)cc3)cc2)C(C)C(C)(CC)N1. The van der Waals surface area contributed by atoms with Crippen LogP contribution in [0.4, 0.5) is 0 Å². The quantitative estimate of drug-likeness (QED) is 0.280. The fraction of sp³-hybridized carbons (Fsp3) is 0.684. The Morgan fingerprint density at radius 1 is 0.571 bits per heavy atom. The van der Waals surface area contributed by atoms with Crippen LogP contribution in [0, 0.1) is 11.8 Å². The zero-order valence-corrected chi connectivity index (χ0v) is 28.4. The molecule has 2 heterocycles. The molecule has 4 heteroatoms. The molecule has 8 unspecified atom stereocenters. The molecule has 2 aromatic rings. The third kappa shape index (κ3) is 7.15. The van der Waals surface area contributed by atoms with Crippen LogP contribution < -0.4 is 10.6 Å². The molecule has 42 heavy (non-hydrogen) atoms. The monoisotopic (exact) mass is 576 g/mol. The minimum atomic E-state index is 0.104. The second-order valence-corrected chi connectivity index (χ2v) is 14.7. The van der Waals surface area contributed by atoms with Gasteiger partial charge >= 0.3 is 0 Å². The minimum absolute atomic E-state index is 0.104. The lowest BCUT2D eigenvalue weighted by Gasteiger charge is -2.53. The van der Waals surface area contributed by atoms with E-state index >= 15 is 0 Å². The topological polar surface area (TPSA) is 42.5 Å². The molecule has 0 radical (unpaired) electrons. The number of hydrogen-bond donors (Lipinski definition) is 2. The van der Waals surface area contributed by atoms with Crippen molar-refractivity contribution in [3.05, 3.63) is 59.7 Å². The second-order valence-electron chi connectivity index (χ2n) is 14.7. The molecule has 2 aliphatic rings. The van der Waals surface area contributed by atoms with E-state index in [4.69, 9.17) is 9.47 Å². The largest absolute Gasteiger partial charge is 0.373 e. The van der Waals surface area contributed by atoms with E-state index < -0.39 is 0 Å². The van der Waals surface area contributed by atoms with Crippen molar-refractivity contribution in [1.82, 2.24) is 10.6 Å². The van der Waals surface area contributed by atoms with Crippen LogP contribution >= 0.6 is 0 Å². The highest BCUT2D eigenvalue weighted by Crippen LogP contribution is 2.40. The summed E-state index contributed by atoms with van der Waals surface area (Å²) in [5, 5.41) is 7.92. The summed E-state index contributed by atoms with van der Waals surface area (Å²) in [6, 6.07) is 17.8. The number of ether oxygens (including phenoxy) is 2. The molecule has 2 aromatic carbocycles. The number of hydrogen-bond acceptors (Lipinski definition) is 4. The molecule has 0 aromatic heterocycles. The van der Waals surface area contributed by atoms with E-state index in [9.17, 15) is 0 Å². The third-order valence-corrected chi connectivity index (χ3v) is 11.8. The zero-order valence-electron chi connectivity index (χ0n) is 28.4. The normalized spacial score (nSPS) is 37.1. The van der Waals surface area contributed by atoms with E-state index in [2.05, 4.69) is 128 Å². The summed E-state index contributed by atoms with van der Waals surface area (Å²) in [6.45, 7) is 24.6.